The SMILES string of the molecule is O=C(NCc1ccn[nH]1)N(C[C@@H]1CCOC1)C1CC1. The Hall–Kier alpha value is -1.56. The maximum Gasteiger partial charge on any atom is 0.317 e. The zero-order valence-electron chi connectivity index (χ0n) is 11.0. The minimum Gasteiger partial charge on any atom is -0.381 e. The first kappa shape index (κ1) is 12.5. The highest BCUT2D eigenvalue weighted by Crippen LogP contribution is 2.29. The number of carbonyl (C=O) groups excluding carboxylic acids is 1. The van der Waals surface area contributed by atoms with Crippen molar-refractivity contribution in [2.24, 2.45) is 5.92 Å². The number of hydrogen-bond donors (Lipinski definition) is 2. The Morgan fingerprint density at radius 3 is 3.05 bits per heavy atom. The third kappa shape index (κ3) is 3.26. The summed E-state index contributed by atoms with van der Waals surface area (Å²) in [6.07, 6.45) is 5.02. The number of ether oxygens (including phenoxy) is 1. The summed E-state index contributed by atoms with van der Waals surface area (Å²) in [5.41, 5.74) is 0.924. The number of rotatable bonds is 5. The lowest BCUT2D eigenvalue weighted by molar-refractivity contribution is 0.162. The Bertz CT molecular complexity index is 410. The summed E-state index contributed by atoms with van der Waals surface area (Å²) in [5.74, 6) is 0.499. The summed E-state index contributed by atoms with van der Waals surface area (Å²) in [5, 5.41) is 9.67. The molecule has 0 spiro atoms. The van der Waals surface area contributed by atoms with Crippen molar-refractivity contribution >= 4 is 6.03 Å². The zero-order valence-corrected chi connectivity index (χ0v) is 11.0. The van der Waals surface area contributed by atoms with Crippen LogP contribution in [0.4, 0.5) is 4.79 Å². The Morgan fingerprint density at radius 1 is 1.53 bits per heavy atom. The minimum atomic E-state index is 0.0315. The van der Waals surface area contributed by atoms with Gasteiger partial charge in [0.25, 0.3) is 0 Å². The molecule has 1 aromatic rings. The molecule has 104 valence electrons. The first-order chi connectivity index (χ1) is 9.33. The van der Waals surface area contributed by atoms with Gasteiger partial charge in [0.2, 0.25) is 0 Å². The molecule has 2 N–H and O–H groups in total. The fourth-order valence-corrected chi connectivity index (χ4v) is 2.45. The predicted octanol–water partition coefficient (Wildman–Crippen LogP) is 1.12. The van der Waals surface area contributed by atoms with Crippen LogP contribution in [0.1, 0.15) is 25.0 Å². The van der Waals surface area contributed by atoms with Gasteiger partial charge in [-0.3, -0.25) is 5.10 Å². The van der Waals surface area contributed by atoms with E-state index in [0.29, 0.717) is 18.5 Å². The highest BCUT2D eigenvalue weighted by atomic mass is 16.5. The Labute approximate surface area is 112 Å². The van der Waals surface area contributed by atoms with E-state index in [1.807, 2.05) is 11.0 Å². The van der Waals surface area contributed by atoms with Gasteiger partial charge in [-0.05, 0) is 25.3 Å². The lowest BCUT2D eigenvalue weighted by Gasteiger charge is -2.25. The number of aromatic amines is 1. The Kier molecular flexibility index (Phi) is 3.68. The van der Waals surface area contributed by atoms with Crippen LogP contribution in [0.25, 0.3) is 0 Å². The first-order valence-electron chi connectivity index (χ1n) is 6.93. The van der Waals surface area contributed by atoms with Crippen molar-refractivity contribution in [2.75, 3.05) is 19.8 Å². The molecule has 19 heavy (non-hydrogen) atoms. The molecule has 1 aliphatic carbocycles. The number of nitrogens with one attached hydrogen (secondary N) is 2. The number of hydrogen-bond acceptors (Lipinski definition) is 3. The van der Waals surface area contributed by atoms with Gasteiger partial charge >= 0.3 is 6.03 Å². The summed E-state index contributed by atoms with van der Waals surface area (Å²) < 4.78 is 5.39. The van der Waals surface area contributed by atoms with E-state index in [0.717, 1.165) is 44.7 Å². The molecule has 2 heterocycles. The maximum atomic E-state index is 12.2. The molecule has 6 heteroatoms. The molecule has 1 aliphatic heterocycles. The van der Waals surface area contributed by atoms with Gasteiger partial charge < -0.3 is 15.0 Å². The van der Waals surface area contributed by atoms with Crippen LogP contribution in [-0.2, 0) is 11.3 Å². The van der Waals surface area contributed by atoms with E-state index >= 15 is 0 Å². The molecule has 6 nitrogen and oxygen atoms in total. The summed E-state index contributed by atoms with van der Waals surface area (Å²) in [6, 6.07) is 2.33. The first-order valence-corrected chi connectivity index (χ1v) is 6.93. The van der Waals surface area contributed by atoms with Gasteiger partial charge in [-0.1, -0.05) is 0 Å². The largest absolute Gasteiger partial charge is 0.381 e. The minimum absolute atomic E-state index is 0.0315. The summed E-state index contributed by atoms with van der Waals surface area (Å²) in [6.45, 7) is 2.94. The quantitative estimate of drug-likeness (QED) is 0.837. The third-order valence-corrected chi connectivity index (χ3v) is 3.72. The van der Waals surface area contributed by atoms with Crippen molar-refractivity contribution in [1.82, 2.24) is 20.4 Å². The topological polar surface area (TPSA) is 70.2 Å². The van der Waals surface area contributed by atoms with E-state index in [4.69, 9.17) is 4.74 Å². The Morgan fingerprint density at radius 2 is 2.42 bits per heavy atom. The second kappa shape index (κ2) is 5.61. The number of aromatic nitrogens is 2. The van der Waals surface area contributed by atoms with Gasteiger partial charge in [0.1, 0.15) is 0 Å². The van der Waals surface area contributed by atoms with Gasteiger partial charge in [-0.2, -0.15) is 5.10 Å². The van der Waals surface area contributed by atoms with Crippen LogP contribution in [0.5, 0.6) is 0 Å². The lowest BCUT2D eigenvalue weighted by Crippen LogP contribution is -2.43. The molecule has 0 bridgehead atoms. The molecule has 2 aliphatic rings. The number of H-pyrrole nitrogens is 1. The smallest absolute Gasteiger partial charge is 0.317 e. The highest BCUT2D eigenvalue weighted by molar-refractivity contribution is 5.74. The van der Waals surface area contributed by atoms with Crippen molar-refractivity contribution in [3.63, 3.8) is 0 Å². The molecule has 1 saturated carbocycles. The molecule has 1 saturated heterocycles. The van der Waals surface area contributed by atoms with E-state index < -0.39 is 0 Å². The van der Waals surface area contributed by atoms with Crippen LogP contribution in [0.3, 0.4) is 0 Å². The molecule has 2 fully saturated rings. The standard InChI is InChI=1S/C13H20N4O2/c18-13(14-7-11-3-5-15-16-11)17(12-1-2-12)8-10-4-6-19-9-10/h3,5,10,12H,1-2,4,6-9H2,(H,14,18)(H,15,16)/t10-/m0/s1. The molecular weight excluding hydrogens is 244 g/mol. The van der Waals surface area contributed by atoms with Crippen molar-refractivity contribution in [3.8, 4) is 0 Å². The molecule has 0 aromatic carbocycles. The maximum absolute atomic E-state index is 12.2. The van der Waals surface area contributed by atoms with Crippen molar-refractivity contribution in [2.45, 2.75) is 31.8 Å². The number of amides is 2. The van der Waals surface area contributed by atoms with E-state index in [-0.39, 0.29) is 6.03 Å². The molecule has 0 unspecified atom stereocenters. The normalized spacial score (nSPS) is 22.4. The van der Waals surface area contributed by atoms with Gasteiger partial charge in [0, 0.05) is 31.3 Å². The second-order valence-corrected chi connectivity index (χ2v) is 5.35. The van der Waals surface area contributed by atoms with E-state index in [1.165, 1.54) is 0 Å². The Balaban J connectivity index is 1.52. The van der Waals surface area contributed by atoms with Gasteiger partial charge in [-0.15, -0.1) is 0 Å². The summed E-state index contributed by atoms with van der Waals surface area (Å²) in [4.78, 5) is 14.2. The van der Waals surface area contributed by atoms with E-state index in [1.54, 1.807) is 6.20 Å². The number of urea groups is 1. The lowest BCUT2D eigenvalue weighted by atomic mass is 10.1. The highest BCUT2D eigenvalue weighted by Gasteiger charge is 2.34. The summed E-state index contributed by atoms with van der Waals surface area (Å²) in [7, 11) is 0. The third-order valence-electron chi connectivity index (χ3n) is 3.72. The summed E-state index contributed by atoms with van der Waals surface area (Å²) >= 11 is 0. The molecule has 0 radical (unpaired) electrons. The molecule has 3 rings (SSSR count). The van der Waals surface area contributed by atoms with Gasteiger partial charge in [-0.25, -0.2) is 4.79 Å². The molecule has 1 atom stereocenters. The fraction of sp³-hybridized carbons (Fsp3) is 0.692. The van der Waals surface area contributed by atoms with Crippen molar-refractivity contribution < 1.29 is 9.53 Å². The molecule has 2 amide bonds. The van der Waals surface area contributed by atoms with Crippen LogP contribution in [0.2, 0.25) is 0 Å². The predicted molar refractivity (Wildman–Crippen MR) is 69.5 cm³/mol. The van der Waals surface area contributed by atoms with Crippen LogP contribution >= 0.6 is 0 Å². The second-order valence-electron chi connectivity index (χ2n) is 5.35. The van der Waals surface area contributed by atoms with Crippen LogP contribution in [0, 0.1) is 5.92 Å². The number of nitrogens with zero attached hydrogens (tertiary/aromatic N) is 2. The zero-order chi connectivity index (χ0) is 13.1. The van der Waals surface area contributed by atoms with E-state index in [2.05, 4.69) is 15.5 Å². The number of carbonyl (C=O) groups is 1. The average molecular weight is 264 g/mol. The van der Waals surface area contributed by atoms with Crippen molar-refractivity contribution in [3.05, 3.63) is 18.0 Å². The van der Waals surface area contributed by atoms with Crippen LogP contribution < -0.4 is 5.32 Å². The van der Waals surface area contributed by atoms with E-state index in [9.17, 15) is 4.79 Å². The van der Waals surface area contributed by atoms with Crippen LogP contribution in [-0.4, -0.2) is 46.9 Å². The monoisotopic (exact) mass is 264 g/mol. The molecule has 1 aromatic heterocycles. The van der Waals surface area contributed by atoms with Gasteiger partial charge in [0.15, 0.2) is 0 Å². The van der Waals surface area contributed by atoms with Crippen molar-refractivity contribution in [1.29, 1.82) is 0 Å². The van der Waals surface area contributed by atoms with Crippen LogP contribution in [0.15, 0.2) is 12.3 Å². The average Bonchev–Trinajstić information content (AvgIpc) is 2.94. The fourth-order valence-electron chi connectivity index (χ4n) is 2.45. The van der Waals surface area contributed by atoms with Gasteiger partial charge in [0.05, 0.1) is 18.8 Å². The molecular formula is C13H20N4O2.